The van der Waals surface area contributed by atoms with Crippen LogP contribution in [0.5, 0.6) is 0 Å². The van der Waals surface area contributed by atoms with Crippen molar-refractivity contribution in [2.24, 2.45) is 0 Å². The van der Waals surface area contributed by atoms with Crippen LogP contribution in [0.2, 0.25) is 0 Å². The molecule has 0 saturated carbocycles. The lowest BCUT2D eigenvalue weighted by Crippen LogP contribution is -2.29. The first kappa shape index (κ1) is 14.6. The third-order valence-electron chi connectivity index (χ3n) is 3.88. The maximum Gasteiger partial charge on any atom is 0.241 e. The summed E-state index contributed by atoms with van der Waals surface area (Å²) in [7, 11) is 0. The lowest BCUT2D eigenvalue weighted by molar-refractivity contribution is -0.121. The molecule has 1 aromatic rings. The van der Waals surface area contributed by atoms with Crippen molar-refractivity contribution in [2.75, 3.05) is 12.3 Å². The summed E-state index contributed by atoms with van der Waals surface area (Å²) in [5.41, 5.74) is 9.64. The smallest absolute Gasteiger partial charge is 0.241 e. The molecule has 0 saturated heterocycles. The Bertz CT molecular complexity index is 516. The molecule has 0 bridgehead atoms. The Morgan fingerprint density at radius 2 is 2.25 bits per heavy atom. The van der Waals surface area contributed by atoms with Crippen molar-refractivity contribution >= 4 is 11.6 Å². The summed E-state index contributed by atoms with van der Waals surface area (Å²) in [6.07, 6.45) is 8.24. The fourth-order valence-electron chi connectivity index (χ4n) is 2.55. The molecule has 5 heteroatoms. The van der Waals surface area contributed by atoms with Crippen molar-refractivity contribution in [3.05, 3.63) is 23.0 Å². The van der Waals surface area contributed by atoms with Gasteiger partial charge in [0.25, 0.3) is 0 Å². The Kier molecular flexibility index (Phi) is 4.82. The van der Waals surface area contributed by atoms with Gasteiger partial charge in [0.15, 0.2) is 0 Å². The van der Waals surface area contributed by atoms with E-state index in [0.717, 1.165) is 17.8 Å². The van der Waals surface area contributed by atoms with Gasteiger partial charge in [0.1, 0.15) is 6.54 Å². The molecule has 1 aromatic heterocycles. The largest absolute Gasteiger partial charge is 0.396 e. The molecule has 110 valence electrons. The summed E-state index contributed by atoms with van der Waals surface area (Å²) in [6, 6.07) is 0. The quantitative estimate of drug-likeness (QED) is 0.809. The molecule has 1 amide bonds. The fraction of sp³-hybridized carbons (Fsp3) is 0.600. The minimum absolute atomic E-state index is 0.00740. The van der Waals surface area contributed by atoms with E-state index in [9.17, 15) is 4.79 Å². The maximum atomic E-state index is 11.9. The van der Waals surface area contributed by atoms with E-state index in [-0.39, 0.29) is 12.5 Å². The zero-order chi connectivity index (χ0) is 14.5. The van der Waals surface area contributed by atoms with E-state index in [0.29, 0.717) is 12.2 Å². The van der Waals surface area contributed by atoms with Crippen LogP contribution in [0.25, 0.3) is 0 Å². The number of hydrogen-bond acceptors (Lipinski definition) is 3. The first-order valence-electron chi connectivity index (χ1n) is 7.32. The lowest BCUT2D eigenvalue weighted by atomic mass is 9.97. The second kappa shape index (κ2) is 6.59. The van der Waals surface area contributed by atoms with E-state index in [1.165, 1.54) is 31.3 Å². The number of aryl methyl sites for hydroxylation is 1. The molecule has 1 aliphatic carbocycles. The van der Waals surface area contributed by atoms with Gasteiger partial charge in [-0.1, -0.05) is 11.6 Å². The van der Waals surface area contributed by atoms with Crippen LogP contribution < -0.4 is 11.1 Å². The van der Waals surface area contributed by atoms with Gasteiger partial charge in [0.2, 0.25) is 5.91 Å². The number of nitrogens with two attached hydrogens (primary N) is 1. The van der Waals surface area contributed by atoms with Gasteiger partial charge in [-0.25, -0.2) is 0 Å². The molecule has 1 heterocycles. The highest BCUT2D eigenvalue weighted by Gasteiger charge is 2.11. The van der Waals surface area contributed by atoms with Crippen molar-refractivity contribution in [3.8, 4) is 0 Å². The number of rotatable bonds is 5. The zero-order valence-corrected chi connectivity index (χ0v) is 12.4. The van der Waals surface area contributed by atoms with Crippen molar-refractivity contribution in [1.82, 2.24) is 15.1 Å². The number of carbonyl (C=O) groups excluding carboxylic acids is 1. The summed E-state index contributed by atoms with van der Waals surface area (Å²) in [4.78, 5) is 11.9. The van der Waals surface area contributed by atoms with Crippen molar-refractivity contribution < 1.29 is 4.79 Å². The standard InChI is InChI=1S/C15H24N4O/c1-11-15(16)12(2)19(18-11)10-14(20)17-9-8-13-6-4-3-5-7-13/h6H,3-5,7-10,16H2,1-2H3,(H,17,20). The topological polar surface area (TPSA) is 72.9 Å². The molecule has 0 fully saturated rings. The van der Waals surface area contributed by atoms with Crippen LogP contribution >= 0.6 is 0 Å². The average molecular weight is 276 g/mol. The van der Waals surface area contributed by atoms with Gasteiger partial charge in [-0.2, -0.15) is 5.10 Å². The Labute approximate surface area is 120 Å². The van der Waals surface area contributed by atoms with Crippen molar-refractivity contribution in [2.45, 2.75) is 52.5 Å². The summed E-state index contributed by atoms with van der Waals surface area (Å²) in [5.74, 6) is -0.00740. The molecule has 5 nitrogen and oxygen atoms in total. The Morgan fingerprint density at radius 1 is 1.45 bits per heavy atom. The van der Waals surface area contributed by atoms with Crippen LogP contribution in [-0.4, -0.2) is 22.2 Å². The molecule has 0 aromatic carbocycles. The normalized spacial score (nSPS) is 15.0. The number of nitrogens with zero attached hydrogens (tertiary/aromatic N) is 2. The monoisotopic (exact) mass is 276 g/mol. The first-order valence-corrected chi connectivity index (χ1v) is 7.32. The van der Waals surface area contributed by atoms with Gasteiger partial charge in [-0.15, -0.1) is 0 Å². The molecule has 0 unspecified atom stereocenters. The highest BCUT2D eigenvalue weighted by Crippen LogP contribution is 2.19. The number of aromatic nitrogens is 2. The third kappa shape index (κ3) is 3.62. The van der Waals surface area contributed by atoms with E-state index in [1.54, 1.807) is 4.68 Å². The van der Waals surface area contributed by atoms with Crippen LogP contribution in [0.15, 0.2) is 11.6 Å². The van der Waals surface area contributed by atoms with E-state index in [1.807, 2.05) is 13.8 Å². The summed E-state index contributed by atoms with van der Waals surface area (Å²) in [5, 5.41) is 7.22. The van der Waals surface area contributed by atoms with Crippen LogP contribution in [0, 0.1) is 13.8 Å². The second-order valence-corrected chi connectivity index (χ2v) is 5.45. The van der Waals surface area contributed by atoms with Gasteiger partial charge in [-0.05, 0) is 46.0 Å². The highest BCUT2D eigenvalue weighted by atomic mass is 16.2. The van der Waals surface area contributed by atoms with Crippen molar-refractivity contribution in [3.63, 3.8) is 0 Å². The predicted molar refractivity (Wildman–Crippen MR) is 80.3 cm³/mol. The number of hydrogen-bond donors (Lipinski definition) is 2. The number of anilines is 1. The molecule has 1 aliphatic rings. The van der Waals surface area contributed by atoms with Gasteiger partial charge in [-0.3, -0.25) is 9.48 Å². The van der Waals surface area contributed by atoms with Gasteiger partial charge >= 0.3 is 0 Å². The molecule has 0 spiro atoms. The van der Waals surface area contributed by atoms with Crippen molar-refractivity contribution in [1.29, 1.82) is 0 Å². The molecule has 0 aliphatic heterocycles. The molecule has 2 rings (SSSR count). The van der Waals surface area contributed by atoms with E-state index >= 15 is 0 Å². The summed E-state index contributed by atoms with van der Waals surface area (Å²) >= 11 is 0. The SMILES string of the molecule is Cc1nn(CC(=O)NCCC2=CCCCC2)c(C)c1N. The van der Waals surface area contributed by atoms with Crippen LogP contribution in [0.3, 0.4) is 0 Å². The first-order chi connectivity index (χ1) is 9.58. The van der Waals surface area contributed by atoms with Gasteiger partial charge in [0.05, 0.1) is 17.1 Å². The number of nitrogens with one attached hydrogen (secondary N) is 1. The second-order valence-electron chi connectivity index (χ2n) is 5.45. The Hall–Kier alpha value is -1.78. The minimum atomic E-state index is -0.00740. The lowest BCUT2D eigenvalue weighted by Gasteiger charge is -2.13. The predicted octanol–water partition coefficient (Wildman–Crippen LogP) is 2.09. The molecule has 0 radical (unpaired) electrons. The van der Waals surface area contributed by atoms with Gasteiger partial charge < -0.3 is 11.1 Å². The van der Waals surface area contributed by atoms with E-state index in [4.69, 9.17) is 5.73 Å². The zero-order valence-electron chi connectivity index (χ0n) is 12.4. The molecule has 20 heavy (non-hydrogen) atoms. The van der Waals surface area contributed by atoms with Crippen LogP contribution in [-0.2, 0) is 11.3 Å². The Morgan fingerprint density at radius 3 is 2.85 bits per heavy atom. The number of amides is 1. The highest BCUT2D eigenvalue weighted by molar-refractivity contribution is 5.75. The third-order valence-corrected chi connectivity index (χ3v) is 3.88. The van der Waals surface area contributed by atoms with Crippen LogP contribution in [0.1, 0.15) is 43.5 Å². The van der Waals surface area contributed by atoms with E-state index < -0.39 is 0 Å². The molecular weight excluding hydrogens is 252 g/mol. The maximum absolute atomic E-state index is 11.9. The number of carbonyl (C=O) groups is 1. The summed E-state index contributed by atoms with van der Waals surface area (Å²) in [6.45, 7) is 4.68. The van der Waals surface area contributed by atoms with Gasteiger partial charge in [0, 0.05) is 6.54 Å². The molecule has 0 atom stereocenters. The van der Waals surface area contributed by atoms with E-state index in [2.05, 4.69) is 16.5 Å². The summed E-state index contributed by atoms with van der Waals surface area (Å²) < 4.78 is 1.67. The molecular formula is C15H24N4O. The minimum Gasteiger partial charge on any atom is -0.396 e. The van der Waals surface area contributed by atoms with Crippen LogP contribution in [0.4, 0.5) is 5.69 Å². The number of nitrogen functional groups attached to an aromatic ring is 1. The molecule has 3 N–H and O–H groups in total. The Balaban J connectivity index is 1.77. The fourth-order valence-corrected chi connectivity index (χ4v) is 2.55. The number of allylic oxidation sites excluding steroid dienone is 1. The average Bonchev–Trinajstić information content (AvgIpc) is 2.67.